The predicted octanol–water partition coefficient (Wildman–Crippen LogP) is 1.75. The van der Waals surface area contributed by atoms with E-state index in [-0.39, 0.29) is 23.6 Å². The van der Waals surface area contributed by atoms with Crippen molar-refractivity contribution in [1.82, 2.24) is 19.8 Å². The summed E-state index contributed by atoms with van der Waals surface area (Å²) in [6.45, 7) is 2.15. The number of amides is 1. The van der Waals surface area contributed by atoms with Crippen LogP contribution >= 0.6 is 11.8 Å². The minimum Gasteiger partial charge on any atom is -0.464 e. The van der Waals surface area contributed by atoms with Gasteiger partial charge < -0.3 is 9.47 Å². The van der Waals surface area contributed by atoms with E-state index in [1.54, 1.807) is 12.4 Å². The van der Waals surface area contributed by atoms with E-state index in [1.807, 2.05) is 41.3 Å². The SMILES string of the molecule is COC(=O)C1=C(COC(C)=O)CS[C@H]2[C@H](N(Cc3ccccn3)Cc3ccccn3)C(=O)N12. The highest BCUT2D eigenvalue weighted by Gasteiger charge is 2.56. The zero-order chi connectivity index (χ0) is 23.4. The van der Waals surface area contributed by atoms with Crippen molar-refractivity contribution in [2.24, 2.45) is 0 Å². The largest absolute Gasteiger partial charge is 0.464 e. The smallest absolute Gasteiger partial charge is 0.354 e. The molecule has 0 N–H and O–H groups in total. The van der Waals surface area contributed by atoms with Gasteiger partial charge in [-0.15, -0.1) is 11.8 Å². The summed E-state index contributed by atoms with van der Waals surface area (Å²) in [4.78, 5) is 49.6. The van der Waals surface area contributed by atoms with E-state index < -0.39 is 18.0 Å². The van der Waals surface area contributed by atoms with Gasteiger partial charge in [-0.1, -0.05) is 12.1 Å². The average Bonchev–Trinajstić information content (AvgIpc) is 2.83. The molecule has 2 aromatic rings. The lowest BCUT2D eigenvalue weighted by molar-refractivity contribution is -0.156. The molecule has 0 saturated carbocycles. The van der Waals surface area contributed by atoms with Gasteiger partial charge in [0.1, 0.15) is 23.7 Å². The van der Waals surface area contributed by atoms with Crippen LogP contribution in [0.4, 0.5) is 0 Å². The molecule has 4 heterocycles. The maximum absolute atomic E-state index is 13.4. The number of fused-ring (bicyclic) bond motifs is 1. The van der Waals surface area contributed by atoms with Gasteiger partial charge in [-0.25, -0.2) is 4.79 Å². The number of nitrogens with zero attached hydrogens (tertiary/aromatic N) is 4. The summed E-state index contributed by atoms with van der Waals surface area (Å²) in [5.41, 5.74) is 2.39. The van der Waals surface area contributed by atoms with Crippen molar-refractivity contribution in [2.75, 3.05) is 19.5 Å². The summed E-state index contributed by atoms with van der Waals surface area (Å²) in [7, 11) is 1.27. The maximum atomic E-state index is 13.4. The third-order valence-corrected chi connectivity index (χ3v) is 6.75. The van der Waals surface area contributed by atoms with Crippen LogP contribution in [0.3, 0.4) is 0 Å². The number of aromatic nitrogens is 2. The molecule has 10 heteroatoms. The second-order valence-corrected chi connectivity index (χ2v) is 8.73. The van der Waals surface area contributed by atoms with Gasteiger partial charge in [-0.2, -0.15) is 0 Å². The summed E-state index contributed by atoms with van der Waals surface area (Å²) in [5.74, 6) is -0.831. The first kappa shape index (κ1) is 22.9. The Labute approximate surface area is 195 Å². The van der Waals surface area contributed by atoms with Crippen LogP contribution in [0.5, 0.6) is 0 Å². The van der Waals surface area contributed by atoms with Crippen LogP contribution < -0.4 is 0 Å². The summed E-state index contributed by atoms with van der Waals surface area (Å²) >= 11 is 1.53. The number of pyridine rings is 2. The summed E-state index contributed by atoms with van der Waals surface area (Å²) in [5, 5.41) is -0.278. The first-order valence-corrected chi connectivity index (χ1v) is 11.5. The molecule has 2 aliphatic heterocycles. The molecular weight excluding hydrogens is 444 g/mol. The molecule has 1 saturated heterocycles. The topological polar surface area (TPSA) is 102 Å². The van der Waals surface area contributed by atoms with E-state index in [0.29, 0.717) is 24.4 Å². The van der Waals surface area contributed by atoms with Gasteiger partial charge >= 0.3 is 11.9 Å². The second kappa shape index (κ2) is 10.1. The van der Waals surface area contributed by atoms with Crippen molar-refractivity contribution >= 4 is 29.6 Å². The third kappa shape index (κ3) is 4.91. The number of carbonyl (C=O) groups excluding carboxylic acids is 3. The minimum absolute atomic E-state index is 0.0560. The van der Waals surface area contributed by atoms with E-state index in [0.717, 1.165) is 11.4 Å². The number of esters is 2. The fourth-order valence-corrected chi connectivity index (χ4v) is 5.32. The molecule has 0 radical (unpaired) electrons. The van der Waals surface area contributed by atoms with E-state index in [4.69, 9.17) is 9.47 Å². The zero-order valence-corrected chi connectivity index (χ0v) is 19.2. The van der Waals surface area contributed by atoms with E-state index in [9.17, 15) is 14.4 Å². The molecule has 0 aliphatic carbocycles. The van der Waals surface area contributed by atoms with E-state index >= 15 is 0 Å². The Bertz CT molecular complexity index is 1020. The quantitative estimate of drug-likeness (QED) is 0.423. The molecule has 0 aromatic carbocycles. The lowest BCUT2D eigenvalue weighted by atomic mass is 10.0. The van der Waals surface area contributed by atoms with Crippen LogP contribution in [0, 0.1) is 0 Å². The predicted molar refractivity (Wildman–Crippen MR) is 120 cm³/mol. The van der Waals surface area contributed by atoms with Crippen molar-refractivity contribution < 1.29 is 23.9 Å². The molecule has 1 fully saturated rings. The molecule has 33 heavy (non-hydrogen) atoms. The molecule has 9 nitrogen and oxygen atoms in total. The van der Waals surface area contributed by atoms with E-state index in [2.05, 4.69) is 9.97 Å². The van der Waals surface area contributed by atoms with Crippen molar-refractivity contribution in [1.29, 1.82) is 0 Å². The Morgan fingerprint density at radius 2 is 1.76 bits per heavy atom. The standard InChI is InChI=1S/C23H24N4O5S/c1-15(28)32-13-16-14-33-22-20(21(29)27(22)19(16)23(30)31-2)26(11-17-7-3-5-9-24-17)12-18-8-4-6-10-25-18/h3-10,20,22H,11-14H2,1-2H3/t20-,22+/m1/s1. The number of carbonyl (C=O) groups is 3. The van der Waals surface area contributed by atoms with Gasteiger partial charge in [0, 0.05) is 43.7 Å². The molecule has 172 valence electrons. The molecule has 1 amide bonds. The zero-order valence-electron chi connectivity index (χ0n) is 18.3. The van der Waals surface area contributed by atoms with E-state index in [1.165, 1.54) is 30.7 Å². The maximum Gasteiger partial charge on any atom is 0.354 e. The van der Waals surface area contributed by atoms with Gasteiger partial charge in [-0.05, 0) is 24.3 Å². The lowest BCUT2D eigenvalue weighted by Crippen LogP contribution is -2.70. The van der Waals surface area contributed by atoms with Crippen LogP contribution in [-0.4, -0.2) is 68.5 Å². The number of hydrogen-bond acceptors (Lipinski definition) is 9. The average molecular weight is 469 g/mol. The third-order valence-electron chi connectivity index (χ3n) is 5.42. The molecular formula is C23H24N4O5S. The molecule has 0 unspecified atom stereocenters. The van der Waals surface area contributed by atoms with Gasteiger partial charge in [0.2, 0.25) is 5.91 Å². The number of rotatable bonds is 8. The number of hydrogen-bond donors (Lipinski definition) is 0. The summed E-state index contributed by atoms with van der Waals surface area (Å²) in [6, 6.07) is 10.9. The first-order chi connectivity index (χ1) is 16.0. The lowest BCUT2D eigenvalue weighted by Gasteiger charge is -2.53. The number of ether oxygens (including phenoxy) is 2. The highest BCUT2D eigenvalue weighted by Crippen LogP contribution is 2.43. The highest BCUT2D eigenvalue weighted by atomic mass is 32.2. The minimum atomic E-state index is -0.616. The Balaban J connectivity index is 1.61. The summed E-state index contributed by atoms with van der Waals surface area (Å²) in [6.07, 6.45) is 3.44. The number of methoxy groups -OCH3 is 1. The van der Waals surface area contributed by atoms with Crippen molar-refractivity contribution in [3.05, 3.63) is 71.4 Å². The Hall–Kier alpha value is -3.24. The van der Waals surface area contributed by atoms with Crippen molar-refractivity contribution in [3.63, 3.8) is 0 Å². The molecule has 0 spiro atoms. The van der Waals surface area contributed by atoms with Crippen LogP contribution in [0.15, 0.2) is 60.1 Å². The summed E-state index contributed by atoms with van der Waals surface area (Å²) < 4.78 is 10.0. The highest BCUT2D eigenvalue weighted by molar-refractivity contribution is 8.00. The van der Waals surface area contributed by atoms with Crippen LogP contribution in [-0.2, 0) is 36.9 Å². The molecule has 2 aromatic heterocycles. The number of β-lactam (4-membered cyclic amide) rings is 1. The fourth-order valence-electron chi connectivity index (χ4n) is 3.90. The molecule has 2 atom stereocenters. The molecule has 0 bridgehead atoms. The normalized spacial score (nSPS) is 19.7. The van der Waals surface area contributed by atoms with Crippen LogP contribution in [0.2, 0.25) is 0 Å². The van der Waals surface area contributed by atoms with Gasteiger partial charge in [0.05, 0.1) is 18.5 Å². The fraction of sp³-hybridized carbons (Fsp3) is 0.348. The molecule has 2 aliphatic rings. The number of thioether (sulfide) groups is 1. The monoisotopic (exact) mass is 468 g/mol. The van der Waals surface area contributed by atoms with Crippen LogP contribution in [0.1, 0.15) is 18.3 Å². The van der Waals surface area contributed by atoms with Crippen LogP contribution in [0.25, 0.3) is 0 Å². The molecule has 4 rings (SSSR count). The second-order valence-electron chi connectivity index (χ2n) is 7.63. The Kier molecular flexibility index (Phi) is 7.05. The Morgan fingerprint density at radius 3 is 2.27 bits per heavy atom. The van der Waals surface area contributed by atoms with Gasteiger partial charge in [-0.3, -0.25) is 29.4 Å². The van der Waals surface area contributed by atoms with Crippen molar-refractivity contribution in [3.8, 4) is 0 Å². The van der Waals surface area contributed by atoms with Crippen molar-refractivity contribution in [2.45, 2.75) is 31.4 Å². The first-order valence-electron chi connectivity index (χ1n) is 10.4. The van der Waals surface area contributed by atoms with Gasteiger partial charge in [0.25, 0.3) is 0 Å². The van der Waals surface area contributed by atoms with Gasteiger partial charge in [0.15, 0.2) is 0 Å². The Morgan fingerprint density at radius 1 is 1.12 bits per heavy atom.